The van der Waals surface area contributed by atoms with Gasteiger partial charge in [0.1, 0.15) is 11.2 Å². The number of carbonyl (C=O) groups is 1. The van der Waals surface area contributed by atoms with Crippen molar-refractivity contribution in [2.75, 3.05) is 5.32 Å². The lowest BCUT2D eigenvalue weighted by atomic mass is 9.92. The number of hydrogen-bond donors (Lipinski definition) is 3. The highest BCUT2D eigenvalue weighted by atomic mass is 16.1. The summed E-state index contributed by atoms with van der Waals surface area (Å²) in [5.74, 6) is 0.615. The number of pyridine rings is 2. The fourth-order valence-electron chi connectivity index (χ4n) is 4.49. The molecule has 6 aromatic rings. The van der Waals surface area contributed by atoms with Gasteiger partial charge in [0.25, 0.3) is 0 Å². The Morgan fingerprint density at radius 3 is 2.71 bits per heavy atom. The van der Waals surface area contributed by atoms with E-state index in [-0.39, 0.29) is 11.3 Å². The third-order valence-electron chi connectivity index (χ3n) is 6.17. The Morgan fingerprint density at radius 1 is 1.08 bits per heavy atom. The summed E-state index contributed by atoms with van der Waals surface area (Å²) in [6, 6.07) is 9.90. The first kappa shape index (κ1) is 23.5. The van der Waals surface area contributed by atoms with Crippen LogP contribution < -0.4 is 5.32 Å². The number of amides is 1. The number of imidazole rings is 2. The molecule has 0 aliphatic carbocycles. The molecular formula is C28H27N9O. The summed E-state index contributed by atoms with van der Waals surface area (Å²) in [6.07, 6.45) is 9.33. The molecule has 5 heterocycles. The second-order valence-electron chi connectivity index (χ2n) is 10.6. The number of aryl methyl sites for hydroxylation is 1. The van der Waals surface area contributed by atoms with Crippen molar-refractivity contribution in [1.82, 2.24) is 39.7 Å². The maximum atomic E-state index is 12.4. The number of benzene rings is 1. The molecule has 0 bridgehead atoms. The van der Waals surface area contributed by atoms with E-state index in [0.717, 1.165) is 44.6 Å². The van der Waals surface area contributed by atoms with Crippen LogP contribution >= 0.6 is 0 Å². The van der Waals surface area contributed by atoms with E-state index in [1.165, 1.54) is 0 Å². The van der Waals surface area contributed by atoms with Gasteiger partial charge in [-0.1, -0.05) is 26.8 Å². The highest BCUT2D eigenvalue weighted by Gasteiger charge is 2.18. The lowest BCUT2D eigenvalue weighted by molar-refractivity contribution is -0.117. The Morgan fingerprint density at radius 2 is 1.92 bits per heavy atom. The number of nitrogens with one attached hydrogen (secondary N) is 3. The van der Waals surface area contributed by atoms with Crippen LogP contribution in [0.5, 0.6) is 0 Å². The Balaban J connectivity index is 1.36. The van der Waals surface area contributed by atoms with E-state index in [1.807, 2.05) is 68.8 Å². The molecule has 6 rings (SSSR count). The molecule has 0 aliphatic rings. The molecule has 0 saturated carbocycles. The van der Waals surface area contributed by atoms with Crippen LogP contribution in [-0.4, -0.2) is 45.6 Å². The molecule has 0 aliphatic heterocycles. The van der Waals surface area contributed by atoms with Crippen LogP contribution in [-0.2, 0) is 4.79 Å². The average Bonchev–Trinajstić information content (AvgIpc) is 3.60. The number of rotatable bonds is 5. The van der Waals surface area contributed by atoms with Gasteiger partial charge in [0.05, 0.1) is 40.5 Å². The molecule has 0 saturated heterocycles. The number of fused-ring (bicyclic) bond motifs is 2. The summed E-state index contributed by atoms with van der Waals surface area (Å²) >= 11 is 0. The number of aromatic amines is 2. The Bertz CT molecular complexity index is 1800. The molecule has 10 heteroatoms. The maximum absolute atomic E-state index is 12.4. The minimum Gasteiger partial charge on any atom is -0.337 e. The molecule has 3 N–H and O–H groups in total. The quantitative estimate of drug-likeness (QED) is 0.286. The zero-order valence-electron chi connectivity index (χ0n) is 21.6. The van der Waals surface area contributed by atoms with E-state index in [0.29, 0.717) is 23.6 Å². The minimum absolute atomic E-state index is 0.0442. The van der Waals surface area contributed by atoms with Crippen LogP contribution in [0.1, 0.15) is 32.9 Å². The van der Waals surface area contributed by atoms with E-state index in [9.17, 15) is 4.79 Å². The van der Waals surface area contributed by atoms with E-state index in [4.69, 9.17) is 4.98 Å². The van der Waals surface area contributed by atoms with Gasteiger partial charge >= 0.3 is 0 Å². The van der Waals surface area contributed by atoms with E-state index < -0.39 is 0 Å². The molecule has 190 valence electrons. The van der Waals surface area contributed by atoms with Crippen molar-refractivity contribution in [3.05, 3.63) is 67.1 Å². The standard InChI is InChI=1S/C28H27N9O/c1-16-14-37(15-31-16)22-7-5-6-21-25(22)34-27(33-21)24-20-9-18(12-30-26(20)36-35-24)17-8-19(13-29-11-17)32-23(38)10-28(2,3)4/h5-9,11-15H,10H2,1-4H3,(H,32,38)(H,33,34)(H,30,35,36). The first-order valence-electron chi connectivity index (χ1n) is 12.3. The molecule has 5 aromatic heterocycles. The molecule has 1 amide bonds. The second-order valence-corrected chi connectivity index (χ2v) is 10.6. The molecule has 1 aromatic carbocycles. The fourth-order valence-corrected chi connectivity index (χ4v) is 4.49. The van der Waals surface area contributed by atoms with Gasteiger partial charge < -0.3 is 14.9 Å². The monoisotopic (exact) mass is 505 g/mol. The van der Waals surface area contributed by atoms with Crippen LogP contribution in [0.15, 0.2) is 61.4 Å². The predicted molar refractivity (Wildman–Crippen MR) is 147 cm³/mol. The Kier molecular flexibility index (Phi) is 5.52. The number of para-hydroxylation sites is 1. The summed E-state index contributed by atoms with van der Waals surface area (Å²) in [7, 11) is 0. The maximum Gasteiger partial charge on any atom is 0.224 e. The van der Waals surface area contributed by atoms with Crippen LogP contribution in [0.4, 0.5) is 5.69 Å². The molecule has 0 fully saturated rings. The number of H-pyrrole nitrogens is 2. The SMILES string of the molecule is Cc1cn(-c2cccc3[nH]c(-c4[nH]nc5ncc(-c6cncc(NC(=O)CC(C)(C)C)c6)cc45)nc23)cn1. The molecule has 0 unspecified atom stereocenters. The van der Waals surface area contributed by atoms with Crippen molar-refractivity contribution in [3.63, 3.8) is 0 Å². The number of aromatic nitrogens is 8. The zero-order valence-corrected chi connectivity index (χ0v) is 21.6. The van der Waals surface area contributed by atoms with Gasteiger partial charge in [0.15, 0.2) is 11.5 Å². The number of anilines is 1. The first-order valence-corrected chi connectivity index (χ1v) is 12.3. The number of carbonyl (C=O) groups excluding carboxylic acids is 1. The molecule has 10 nitrogen and oxygen atoms in total. The lowest BCUT2D eigenvalue weighted by Crippen LogP contribution is -2.19. The van der Waals surface area contributed by atoms with Gasteiger partial charge in [-0.3, -0.25) is 14.9 Å². The zero-order chi connectivity index (χ0) is 26.4. The number of hydrogen-bond acceptors (Lipinski definition) is 6. The Labute approximate surface area is 218 Å². The topological polar surface area (TPSA) is 130 Å². The van der Waals surface area contributed by atoms with Gasteiger partial charge in [-0.2, -0.15) is 5.10 Å². The summed E-state index contributed by atoms with van der Waals surface area (Å²) in [4.78, 5) is 34.0. The van der Waals surface area contributed by atoms with Gasteiger partial charge in [-0.15, -0.1) is 0 Å². The second kappa shape index (κ2) is 8.91. The summed E-state index contributed by atoms with van der Waals surface area (Å²) < 4.78 is 1.97. The van der Waals surface area contributed by atoms with Crippen molar-refractivity contribution >= 4 is 33.7 Å². The summed E-state index contributed by atoms with van der Waals surface area (Å²) in [6.45, 7) is 8.06. The molecule has 0 spiro atoms. The molecular weight excluding hydrogens is 478 g/mol. The van der Waals surface area contributed by atoms with Crippen LogP contribution in [0.3, 0.4) is 0 Å². The van der Waals surface area contributed by atoms with Gasteiger partial charge in [-0.05, 0) is 36.6 Å². The largest absolute Gasteiger partial charge is 0.337 e. The van der Waals surface area contributed by atoms with E-state index in [2.05, 4.69) is 35.5 Å². The van der Waals surface area contributed by atoms with Gasteiger partial charge in [0, 0.05) is 36.1 Å². The minimum atomic E-state index is -0.100. The Hall–Kier alpha value is -4.86. The highest BCUT2D eigenvalue weighted by molar-refractivity contribution is 5.95. The normalized spacial score (nSPS) is 11.9. The van der Waals surface area contributed by atoms with Crippen molar-refractivity contribution in [2.45, 2.75) is 34.1 Å². The fraction of sp³-hybridized carbons (Fsp3) is 0.214. The summed E-state index contributed by atoms with van der Waals surface area (Å²) in [5.41, 5.74) is 7.15. The first-order chi connectivity index (χ1) is 18.2. The van der Waals surface area contributed by atoms with Gasteiger partial charge in [0.2, 0.25) is 5.91 Å². The smallest absolute Gasteiger partial charge is 0.224 e. The van der Waals surface area contributed by atoms with Crippen molar-refractivity contribution in [2.24, 2.45) is 5.41 Å². The third-order valence-corrected chi connectivity index (χ3v) is 6.17. The van der Waals surface area contributed by atoms with Crippen LogP contribution in [0, 0.1) is 12.3 Å². The number of nitrogens with zero attached hydrogens (tertiary/aromatic N) is 6. The molecule has 38 heavy (non-hydrogen) atoms. The van der Waals surface area contributed by atoms with Crippen LogP contribution in [0.2, 0.25) is 0 Å². The average molecular weight is 506 g/mol. The van der Waals surface area contributed by atoms with Crippen LogP contribution in [0.25, 0.3) is 50.4 Å². The van der Waals surface area contributed by atoms with E-state index in [1.54, 1.807) is 24.9 Å². The van der Waals surface area contributed by atoms with Gasteiger partial charge in [-0.25, -0.2) is 15.0 Å². The van der Waals surface area contributed by atoms with E-state index >= 15 is 0 Å². The molecule has 0 radical (unpaired) electrons. The summed E-state index contributed by atoms with van der Waals surface area (Å²) in [5, 5.41) is 11.3. The van der Waals surface area contributed by atoms with Crippen molar-refractivity contribution in [1.29, 1.82) is 0 Å². The lowest BCUT2D eigenvalue weighted by Gasteiger charge is -2.17. The molecule has 0 atom stereocenters. The predicted octanol–water partition coefficient (Wildman–Crippen LogP) is 5.43. The third kappa shape index (κ3) is 4.52. The van der Waals surface area contributed by atoms with Crippen molar-refractivity contribution in [3.8, 4) is 28.3 Å². The highest BCUT2D eigenvalue weighted by Crippen LogP contribution is 2.31. The van der Waals surface area contributed by atoms with Crippen molar-refractivity contribution < 1.29 is 4.79 Å².